The molecule has 2 aromatic rings. The van der Waals surface area contributed by atoms with E-state index in [-0.39, 0.29) is 63.7 Å². The maximum absolute atomic E-state index is 13.0. The van der Waals surface area contributed by atoms with Gasteiger partial charge in [-0.3, -0.25) is 19.7 Å². The molecular weight excluding hydrogens is 414 g/mol. The number of hydrogen-bond acceptors (Lipinski definition) is 7. The highest BCUT2D eigenvalue weighted by atomic mass is 16.6. The zero-order valence-electron chi connectivity index (χ0n) is 17.1. The Morgan fingerprint density at radius 2 is 1.84 bits per heavy atom. The van der Waals surface area contributed by atoms with Crippen LogP contribution >= 0.6 is 0 Å². The van der Waals surface area contributed by atoms with Gasteiger partial charge in [-0.15, -0.1) is 0 Å². The SMILES string of the molecule is COc1ccc(-c2ccc(/C=N\N3C(=O)[C@@H]4[C@H](C3=O)[C@@H]3C=C[C@H]4C34CC4)o2)c([N+](=O)[O-])c1. The minimum atomic E-state index is -0.510. The van der Waals surface area contributed by atoms with Crippen molar-refractivity contribution in [2.24, 2.45) is 34.2 Å². The Hall–Kier alpha value is -3.75. The Morgan fingerprint density at radius 3 is 2.44 bits per heavy atom. The number of benzene rings is 1. The number of carbonyl (C=O) groups is 2. The summed E-state index contributed by atoms with van der Waals surface area (Å²) in [6.45, 7) is 0. The second kappa shape index (κ2) is 6.38. The number of imide groups is 1. The van der Waals surface area contributed by atoms with E-state index in [0.29, 0.717) is 5.75 Å². The fourth-order valence-corrected chi connectivity index (χ4v) is 5.86. The number of nitrogens with zero attached hydrogens (tertiary/aromatic N) is 3. The van der Waals surface area contributed by atoms with Crippen molar-refractivity contribution >= 4 is 23.7 Å². The molecule has 1 spiro atoms. The quantitative estimate of drug-likeness (QED) is 0.235. The highest BCUT2D eigenvalue weighted by Gasteiger charge is 2.73. The lowest BCUT2D eigenvalue weighted by molar-refractivity contribution is -0.384. The molecule has 0 N–H and O–H groups in total. The van der Waals surface area contributed by atoms with Crippen molar-refractivity contribution in [3.8, 4) is 17.1 Å². The van der Waals surface area contributed by atoms with Crippen LogP contribution in [0, 0.1) is 39.2 Å². The molecule has 2 saturated carbocycles. The van der Waals surface area contributed by atoms with Crippen LogP contribution in [0.2, 0.25) is 0 Å². The number of fused-ring (bicyclic) bond motifs is 3. The van der Waals surface area contributed by atoms with Crippen molar-refractivity contribution in [2.45, 2.75) is 12.8 Å². The highest BCUT2D eigenvalue weighted by Crippen LogP contribution is 2.73. The first kappa shape index (κ1) is 19.0. The van der Waals surface area contributed by atoms with Crippen molar-refractivity contribution in [1.82, 2.24) is 5.01 Å². The summed E-state index contributed by atoms with van der Waals surface area (Å²) < 4.78 is 10.8. The van der Waals surface area contributed by atoms with Crippen molar-refractivity contribution < 1.29 is 23.7 Å². The van der Waals surface area contributed by atoms with E-state index in [2.05, 4.69) is 17.3 Å². The molecule has 4 aliphatic rings. The molecule has 1 aliphatic heterocycles. The van der Waals surface area contributed by atoms with Gasteiger partial charge in [-0.05, 0) is 54.4 Å². The van der Waals surface area contributed by atoms with Crippen molar-refractivity contribution in [3.05, 3.63) is 58.4 Å². The Balaban J connectivity index is 1.25. The predicted molar refractivity (Wildman–Crippen MR) is 112 cm³/mol. The number of ether oxygens (including phenoxy) is 1. The van der Waals surface area contributed by atoms with Crippen LogP contribution in [-0.4, -0.2) is 35.1 Å². The third kappa shape index (κ3) is 2.41. The molecule has 32 heavy (non-hydrogen) atoms. The molecule has 1 saturated heterocycles. The molecule has 2 heterocycles. The zero-order valence-corrected chi connectivity index (χ0v) is 17.1. The van der Waals surface area contributed by atoms with E-state index in [1.165, 1.54) is 19.4 Å². The smallest absolute Gasteiger partial charge is 0.284 e. The van der Waals surface area contributed by atoms with E-state index in [9.17, 15) is 19.7 Å². The largest absolute Gasteiger partial charge is 0.497 e. The molecule has 1 aromatic carbocycles. The summed E-state index contributed by atoms with van der Waals surface area (Å²) in [5, 5.41) is 16.5. The lowest BCUT2D eigenvalue weighted by Gasteiger charge is -2.18. The molecule has 1 aromatic heterocycles. The summed E-state index contributed by atoms with van der Waals surface area (Å²) in [5.74, 6) is 0.0606. The summed E-state index contributed by atoms with van der Waals surface area (Å²) in [7, 11) is 1.43. The molecule has 3 fully saturated rings. The van der Waals surface area contributed by atoms with Crippen molar-refractivity contribution in [2.75, 3.05) is 7.11 Å². The second-order valence-electron chi connectivity index (χ2n) is 8.80. The van der Waals surface area contributed by atoms with Crippen LogP contribution in [0.15, 0.2) is 52.0 Å². The van der Waals surface area contributed by atoms with Gasteiger partial charge in [-0.1, -0.05) is 12.2 Å². The molecule has 9 heteroatoms. The first-order chi connectivity index (χ1) is 15.4. The maximum atomic E-state index is 13.0. The molecule has 0 radical (unpaired) electrons. The lowest BCUT2D eigenvalue weighted by Crippen LogP contribution is -2.30. The normalized spacial score (nSPS) is 28.8. The minimum Gasteiger partial charge on any atom is -0.497 e. The molecule has 9 nitrogen and oxygen atoms in total. The molecular formula is C23H19N3O6. The zero-order chi connectivity index (χ0) is 22.2. The lowest BCUT2D eigenvalue weighted by atomic mass is 9.85. The van der Waals surface area contributed by atoms with Crippen LogP contribution in [0.5, 0.6) is 5.75 Å². The molecule has 0 unspecified atom stereocenters. The average molecular weight is 433 g/mol. The van der Waals surface area contributed by atoms with Crippen molar-refractivity contribution in [3.63, 3.8) is 0 Å². The van der Waals surface area contributed by atoms with Crippen LogP contribution in [0.25, 0.3) is 11.3 Å². The van der Waals surface area contributed by atoms with Crippen LogP contribution in [0.1, 0.15) is 18.6 Å². The van der Waals surface area contributed by atoms with E-state index in [1.807, 2.05) is 0 Å². The maximum Gasteiger partial charge on any atom is 0.284 e. The standard InChI is InChI=1S/C23H19N3O6/c1-31-12-2-4-14(17(10-12)26(29)30)18-7-3-13(32-18)11-24-25-21(27)19-15-5-6-16(20(19)22(25)28)23(15)8-9-23/h2-7,10-11,15-16,19-20H,8-9H2,1H3/b24-11-/t15-,16+,19+,20-. The highest BCUT2D eigenvalue weighted by molar-refractivity contribution is 6.07. The number of carbonyl (C=O) groups excluding carboxylic acids is 2. The number of nitro benzene ring substituents is 1. The third-order valence-corrected chi connectivity index (χ3v) is 7.42. The van der Waals surface area contributed by atoms with Crippen LogP contribution in [0.3, 0.4) is 0 Å². The number of methoxy groups -OCH3 is 1. The molecule has 2 bridgehead atoms. The first-order valence-corrected chi connectivity index (χ1v) is 10.5. The second-order valence-corrected chi connectivity index (χ2v) is 8.80. The monoisotopic (exact) mass is 433 g/mol. The number of furan rings is 1. The first-order valence-electron chi connectivity index (χ1n) is 10.5. The Labute approximate surface area is 182 Å². The average Bonchev–Trinajstić information content (AvgIpc) is 3.08. The number of rotatable bonds is 5. The van der Waals surface area contributed by atoms with Gasteiger partial charge in [0.1, 0.15) is 17.3 Å². The van der Waals surface area contributed by atoms with Gasteiger partial charge in [0.15, 0.2) is 0 Å². The van der Waals surface area contributed by atoms with E-state index in [4.69, 9.17) is 9.15 Å². The molecule has 6 rings (SSSR count). The molecule has 4 atom stereocenters. The third-order valence-electron chi connectivity index (χ3n) is 7.42. The Kier molecular flexibility index (Phi) is 3.78. The van der Waals surface area contributed by atoms with Crippen LogP contribution in [0.4, 0.5) is 5.69 Å². The number of allylic oxidation sites excluding steroid dienone is 2. The predicted octanol–water partition coefficient (Wildman–Crippen LogP) is 3.39. The van der Waals surface area contributed by atoms with E-state index in [1.54, 1.807) is 24.3 Å². The van der Waals surface area contributed by atoms with Gasteiger partial charge >= 0.3 is 0 Å². The van der Waals surface area contributed by atoms with Gasteiger partial charge in [0.25, 0.3) is 17.5 Å². The minimum absolute atomic E-state index is 0.138. The van der Waals surface area contributed by atoms with E-state index < -0.39 is 4.92 Å². The summed E-state index contributed by atoms with van der Waals surface area (Å²) in [5.41, 5.74) is 0.270. The van der Waals surface area contributed by atoms with Crippen LogP contribution < -0.4 is 4.74 Å². The van der Waals surface area contributed by atoms with Gasteiger partial charge in [0, 0.05) is 0 Å². The summed E-state index contributed by atoms with van der Waals surface area (Å²) in [6, 6.07) is 7.64. The molecule has 162 valence electrons. The van der Waals surface area contributed by atoms with Gasteiger partial charge in [0.05, 0.1) is 41.7 Å². The number of hydrogen-bond donors (Lipinski definition) is 0. The number of amides is 2. The number of hydrazone groups is 1. The summed E-state index contributed by atoms with van der Waals surface area (Å²) in [4.78, 5) is 36.9. The summed E-state index contributed by atoms with van der Waals surface area (Å²) in [6.07, 6.45) is 7.69. The van der Waals surface area contributed by atoms with E-state index in [0.717, 1.165) is 17.9 Å². The van der Waals surface area contributed by atoms with Gasteiger partial charge in [-0.2, -0.15) is 10.1 Å². The topological polar surface area (TPSA) is 115 Å². The fraction of sp³-hybridized carbons (Fsp3) is 0.348. The Bertz CT molecular complexity index is 1210. The van der Waals surface area contributed by atoms with Crippen LogP contribution in [-0.2, 0) is 9.59 Å². The van der Waals surface area contributed by atoms with Gasteiger partial charge in [-0.25, -0.2) is 0 Å². The van der Waals surface area contributed by atoms with Crippen molar-refractivity contribution in [1.29, 1.82) is 0 Å². The Morgan fingerprint density at radius 1 is 1.16 bits per heavy atom. The number of nitro groups is 1. The molecule has 3 aliphatic carbocycles. The van der Waals surface area contributed by atoms with E-state index >= 15 is 0 Å². The van der Waals surface area contributed by atoms with Gasteiger partial charge < -0.3 is 9.15 Å². The fourth-order valence-electron chi connectivity index (χ4n) is 5.86. The van der Waals surface area contributed by atoms with Gasteiger partial charge in [0.2, 0.25) is 0 Å². The molecule has 2 amide bonds. The summed E-state index contributed by atoms with van der Waals surface area (Å²) >= 11 is 0.